The van der Waals surface area contributed by atoms with Gasteiger partial charge in [0, 0.05) is 5.69 Å². The second kappa shape index (κ2) is 4.92. The van der Waals surface area contributed by atoms with Crippen LogP contribution in [-0.4, -0.2) is 9.97 Å². The summed E-state index contributed by atoms with van der Waals surface area (Å²) >= 11 is 0. The molecule has 0 amide bonds. The first kappa shape index (κ1) is 13.7. The average molecular weight is 279 g/mol. The van der Waals surface area contributed by atoms with Gasteiger partial charge in [-0.25, -0.2) is 4.98 Å². The zero-order chi connectivity index (χ0) is 15.1. The lowest BCUT2D eigenvalue weighted by Gasteiger charge is -2.11. The van der Waals surface area contributed by atoms with Gasteiger partial charge in [0.05, 0.1) is 11.0 Å². The van der Waals surface area contributed by atoms with Gasteiger partial charge in [-0.3, -0.25) is 0 Å². The Bertz CT molecular complexity index is 805. The summed E-state index contributed by atoms with van der Waals surface area (Å²) in [6, 6.07) is 8.59. The maximum absolute atomic E-state index is 4.71. The Kier molecular flexibility index (Phi) is 3.20. The summed E-state index contributed by atoms with van der Waals surface area (Å²) in [6.07, 6.45) is 0. The molecule has 1 aromatic heterocycles. The van der Waals surface area contributed by atoms with Gasteiger partial charge in [0.2, 0.25) is 5.95 Å². The highest BCUT2D eigenvalue weighted by atomic mass is 15.1. The summed E-state index contributed by atoms with van der Waals surface area (Å²) in [5.74, 6) is 0.800. The number of hydrogen-bond donors (Lipinski definition) is 2. The van der Waals surface area contributed by atoms with Gasteiger partial charge in [-0.1, -0.05) is 23.8 Å². The van der Waals surface area contributed by atoms with Gasteiger partial charge < -0.3 is 10.3 Å². The van der Waals surface area contributed by atoms with E-state index in [1.807, 2.05) is 0 Å². The molecule has 21 heavy (non-hydrogen) atoms. The van der Waals surface area contributed by atoms with Crippen molar-refractivity contribution in [3.8, 4) is 0 Å². The van der Waals surface area contributed by atoms with Crippen molar-refractivity contribution in [1.82, 2.24) is 9.97 Å². The molecule has 2 N–H and O–H groups in total. The van der Waals surface area contributed by atoms with Crippen molar-refractivity contribution < 1.29 is 0 Å². The molecule has 2 aromatic carbocycles. The number of H-pyrrole nitrogens is 1. The lowest BCUT2D eigenvalue weighted by Crippen LogP contribution is -1.98. The lowest BCUT2D eigenvalue weighted by molar-refractivity contribution is 1.25. The van der Waals surface area contributed by atoms with Crippen molar-refractivity contribution in [2.24, 2.45) is 0 Å². The Hall–Kier alpha value is -2.29. The summed E-state index contributed by atoms with van der Waals surface area (Å²) in [6.45, 7) is 10.6. The number of aromatic nitrogens is 2. The fraction of sp³-hybridized carbons (Fsp3) is 0.278. The van der Waals surface area contributed by atoms with E-state index in [-0.39, 0.29) is 0 Å². The van der Waals surface area contributed by atoms with E-state index in [9.17, 15) is 0 Å². The van der Waals surface area contributed by atoms with Gasteiger partial charge in [0.25, 0.3) is 0 Å². The highest BCUT2D eigenvalue weighted by Gasteiger charge is 2.09. The van der Waals surface area contributed by atoms with Crippen LogP contribution in [0.25, 0.3) is 11.0 Å². The molecule has 0 spiro atoms. The number of rotatable bonds is 2. The van der Waals surface area contributed by atoms with Gasteiger partial charge >= 0.3 is 0 Å². The summed E-state index contributed by atoms with van der Waals surface area (Å²) in [7, 11) is 0. The minimum absolute atomic E-state index is 0.800. The normalized spacial score (nSPS) is 11.1. The SMILES string of the molecule is Cc1cc(C)c(Nc2nc3c(C)c(C)ccc3[nH]2)c(C)c1. The average Bonchev–Trinajstić information content (AvgIpc) is 2.82. The Balaban J connectivity index is 2.05. The summed E-state index contributed by atoms with van der Waals surface area (Å²) in [4.78, 5) is 8.07. The summed E-state index contributed by atoms with van der Waals surface area (Å²) < 4.78 is 0. The molecule has 0 radical (unpaired) electrons. The van der Waals surface area contributed by atoms with Gasteiger partial charge in [0.15, 0.2) is 0 Å². The number of nitrogens with zero attached hydrogens (tertiary/aromatic N) is 1. The number of hydrogen-bond acceptors (Lipinski definition) is 2. The van der Waals surface area contributed by atoms with Crippen molar-refractivity contribution in [3.05, 3.63) is 52.1 Å². The number of aromatic amines is 1. The van der Waals surface area contributed by atoms with E-state index in [2.05, 4.69) is 69.2 Å². The van der Waals surface area contributed by atoms with Crippen molar-refractivity contribution in [2.45, 2.75) is 34.6 Å². The monoisotopic (exact) mass is 279 g/mol. The predicted molar refractivity (Wildman–Crippen MR) is 89.5 cm³/mol. The van der Waals surface area contributed by atoms with Crippen molar-refractivity contribution >= 4 is 22.7 Å². The molecule has 3 heteroatoms. The topological polar surface area (TPSA) is 40.7 Å². The Morgan fingerprint density at radius 3 is 2.24 bits per heavy atom. The summed E-state index contributed by atoms with van der Waals surface area (Å²) in [5, 5.41) is 3.44. The molecule has 0 saturated carbocycles. The lowest BCUT2D eigenvalue weighted by atomic mass is 10.1. The van der Waals surface area contributed by atoms with Crippen LogP contribution in [0.2, 0.25) is 0 Å². The molecular weight excluding hydrogens is 258 g/mol. The van der Waals surface area contributed by atoms with E-state index < -0.39 is 0 Å². The van der Waals surface area contributed by atoms with Crippen LogP contribution in [0.4, 0.5) is 11.6 Å². The highest BCUT2D eigenvalue weighted by molar-refractivity contribution is 5.83. The Morgan fingerprint density at radius 1 is 0.905 bits per heavy atom. The number of anilines is 2. The van der Waals surface area contributed by atoms with Gasteiger partial charge in [-0.15, -0.1) is 0 Å². The number of fused-ring (bicyclic) bond motifs is 1. The van der Waals surface area contributed by atoms with E-state index in [1.165, 1.54) is 27.8 Å². The van der Waals surface area contributed by atoms with Gasteiger partial charge in [-0.05, 0) is 62.9 Å². The molecule has 0 atom stereocenters. The van der Waals surface area contributed by atoms with Crippen LogP contribution >= 0.6 is 0 Å². The molecule has 0 fully saturated rings. The minimum Gasteiger partial charge on any atom is -0.325 e. The van der Waals surface area contributed by atoms with Crippen molar-refractivity contribution in [2.75, 3.05) is 5.32 Å². The zero-order valence-corrected chi connectivity index (χ0v) is 13.3. The third-order valence-corrected chi connectivity index (χ3v) is 4.10. The largest absolute Gasteiger partial charge is 0.325 e. The second-order valence-electron chi connectivity index (χ2n) is 5.89. The fourth-order valence-electron chi connectivity index (χ4n) is 2.87. The third-order valence-electron chi connectivity index (χ3n) is 4.10. The maximum atomic E-state index is 4.71. The Morgan fingerprint density at radius 2 is 1.57 bits per heavy atom. The number of imidazole rings is 1. The van der Waals surface area contributed by atoms with Crippen LogP contribution in [-0.2, 0) is 0 Å². The van der Waals surface area contributed by atoms with Crippen LogP contribution in [0.15, 0.2) is 24.3 Å². The predicted octanol–water partition coefficient (Wildman–Crippen LogP) is 4.85. The van der Waals surface area contributed by atoms with Gasteiger partial charge in [0.1, 0.15) is 0 Å². The van der Waals surface area contributed by atoms with Crippen LogP contribution in [0, 0.1) is 34.6 Å². The van der Waals surface area contributed by atoms with Crippen molar-refractivity contribution in [3.63, 3.8) is 0 Å². The molecule has 0 aliphatic carbocycles. The first-order chi connectivity index (χ1) is 9.95. The van der Waals surface area contributed by atoms with E-state index in [1.54, 1.807) is 0 Å². The third kappa shape index (κ3) is 2.40. The summed E-state index contributed by atoms with van der Waals surface area (Å²) in [5.41, 5.74) is 9.50. The van der Waals surface area contributed by atoms with Gasteiger partial charge in [-0.2, -0.15) is 0 Å². The van der Waals surface area contributed by atoms with Crippen LogP contribution < -0.4 is 5.32 Å². The molecule has 3 aromatic rings. The highest BCUT2D eigenvalue weighted by Crippen LogP contribution is 2.27. The first-order valence-corrected chi connectivity index (χ1v) is 7.26. The molecule has 0 aliphatic rings. The molecule has 1 heterocycles. The molecule has 3 nitrogen and oxygen atoms in total. The molecule has 0 saturated heterocycles. The standard InChI is InChI=1S/C18H21N3/c1-10-8-12(3)16(13(4)9-10)20-18-19-15-7-6-11(2)14(5)17(15)21-18/h6-9H,1-5H3,(H2,19,20,21). The Labute approximate surface area is 125 Å². The first-order valence-electron chi connectivity index (χ1n) is 7.26. The molecule has 3 rings (SSSR count). The second-order valence-corrected chi connectivity index (χ2v) is 5.89. The molecule has 0 bridgehead atoms. The molecule has 0 unspecified atom stereocenters. The molecule has 108 valence electrons. The zero-order valence-electron chi connectivity index (χ0n) is 13.3. The number of aryl methyl sites for hydroxylation is 5. The van der Waals surface area contributed by atoms with E-state index in [4.69, 9.17) is 4.98 Å². The van der Waals surface area contributed by atoms with Crippen LogP contribution in [0.1, 0.15) is 27.8 Å². The number of benzene rings is 2. The smallest absolute Gasteiger partial charge is 0.205 e. The maximum Gasteiger partial charge on any atom is 0.205 e. The van der Waals surface area contributed by atoms with E-state index in [0.29, 0.717) is 0 Å². The van der Waals surface area contributed by atoms with E-state index >= 15 is 0 Å². The fourth-order valence-corrected chi connectivity index (χ4v) is 2.87. The minimum atomic E-state index is 0.800. The number of nitrogens with one attached hydrogen (secondary N) is 2. The van der Waals surface area contributed by atoms with E-state index in [0.717, 1.165) is 22.7 Å². The molecule has 0 aliphatic heterocycles. The quantitative estimate of drug-likeness (QED) is 0.704. The van der Waals surface area contributed by atoms with Crippen molar-refractivity contribution in [1.29, 1.82) is 0 Å². The molecular formula is C18H21N3. The van der Waals surface area contributed by atoms with Crippen LogP contribution in [0.5, 0.6) is 0 Å². The van der Waals surface area contributed by atoms with Crippen LogP contribution in [0.3, 0.4) is 0 Å².